The third kappa shape index (κ3) is 4.95. The minimum absolute atomic E-state index is 0.260. The van der Waals surface area contributed by atoms with Gasteiger partial charge in [0.25, 0.3) is 0 Å². The van der Waals surface area contributed by atoms with Crippen molar-refractivity contribution in [1.29, 1.82) is 0 Å². The van der Waals surface area contributed by atoms with E-state index < -0.39 is 47.7 Å². The zero-order chi connectivity index (χ0) is 25.4. The fourth-order valence-corrected chi connectivity index (χ4v) is 5.63. The van der Waals surface area contributed by atoms with E-state index in [9.17, 15) is 19.2 Å². The number of hydrogen-bond acceptors (Lipinski definition) is 8. The number of hydrogen-bond donors (Lipinski definition) is 0. The molecule has 34 heavy (non-hydrogen) atoms. The van der Waals surface area contributed by atoms with Crippen LogP contribution in [0.5, 0.6) is 0 Å². The maximum Gasteiger partial charge on any atom is 0.334 e. The van der Waals surface area contributed by atoms with E-state index in [0.29, 0.717) is 18.4 Å². The topological polar surface area (TPSA) is 105 Å². The number of carbonyl (C=O) groups excluding carboxylic acids is 4. The van der Waals surface area contributed by atoms with Crippen LogP contribution in [0.2, 0.25) is 0 Å². The molecule has 186 valence electrons. The first kappa shape index (κ1) is 25.7. The Kier molecular flexibility index (Phi) is 7.38. The number of fused-ring (bicyclic) bond motifs is 2. The van der Waals surface area contributed by atoms with Crippen molar-refractivity contribution in [2.45, 2.75) is 92.1 Å². The van der Waals surface area contributed by atoms with Crippen LogP contribution in [-0.4, -0.2) is 48.3 Å². The average molecular weight is 475 g/mol. The highest BCUT2D eigenvalue weighted by atomic mass is 16.6. The second-order valence-electron chi connectivity index (χ2n) is 9.78. The average Bonchev–Trinajstić information content (AvgIpc) is 2.96. The summed E-state index contributed by atoms with van der Waals surface area (Å²) in [5.41, 5.74) is 2.30. The summed E-state index contributed by atoms with van der Waals surface area (Å²) in [6, 6.07) is 0. The first-order valence-corrected chi connectivity index (χ1v) is 11.6. The SMILES string of the molecule is CC(=O)O[C@H]1CC=C(C)[C@@H]2CC3=C(C)C(=O)OC3/C=C(/C)C[C@@H](OC(C)=O)[C@H](OC(C)=O)[C@@]12C. The van der Waals surface area contributed by atoms with E-state index in [0.717, 1.165) is 16.7 Å². The number of rotatable bonds is 3. The molecule has 2 aliphatic carbocycles. The van der Waals surface area contributed by atoms with Crippen LogP contribution in [0.25, 0.3) is 0 Å². The van der Waals surface area contributed by atoms with Crippen LogP contribution in [0.15, 0.2) is 34.4 Å². The molecule has 0 amide bonds. The van der Waals surface area contributed by atoms with Crippen LogP contribution < -0.4 is 0 Å². The molecular formula is C26H34O8. The van der Waals surface area contributed by atoms with Crippen LogP contribution in [0.4, 0.5) is 0 Å². The van der Waals surface area contributed by atoms with Gasteiger partial charge in [-0.3, -0.25) is 14.4 Å². The van der Waals surface area contributed by atoms with Crippen molar-refractivity contribution in [1.82, 2.24) is 0 Å². The fraction of sp³-hybridized carbons (Fsp3) is 0.615. The Morgan fingerprint density at radius 1 is 0.971 bits per heavy atom. The van der Waals surface area contributed by atoms with Gasteiger partial charge in [0.1, 0.15) is 24.4 Å². The highest BCUT2D eigenvalue weighted by molar-refractivity contribution is 5.92. The van der Waals surface area contributed by atoms with Gasteiger partial charge in [-0.15, -0.1) is 0 Å². The molecule has 0 aromatic heterocycles. The number of ether oxygens (including phenoxy) is 4. The highest BCUT2D eigenvalue weighted by Gasteiger charge is 2.57. The smallest absolute Gasteiger partial charge is 0.334 e. The zero-order valence-electron chi connectivity index (χ0n) is 20.9. The van der Waals surface area contributed by atoms with Crippen LogP contribution in [0.3, 0.4) is 0 Å². The van der Waals surface area contributed by atoms with E-state index in [-0.39, 0.29) is 18.3 Å². The lowest BCUT2D eigenvalue weighted by Gasteiger charge is -2.51. The van der Waals surface area contributed by atoms with Gasteiger partial charge in [0, 0.05) is 39.2 Å². The molecule has 8 heteroatoms. The lowest BCUT2D eigenvalue weighted by molar-refractivity contribution is -0.200. The summed E-state index contributed by atoms with van der Waals surface area (Å²) in [6.45, 7) is 11.5. The van der Waals surface area contributed by atoms with Gasteiger partial charge < -0.3 is 18.9 Å². The van der Waals surface area contributed by atoms with E-state index in [2.05, 4.69) is 0 Å². The molecule has 3 rings (SSSR count). The van der Waals surface area contributed by atoms with E-state index >= 15 is 0 Å². The molecule has 1 heterocycles. The first-order chi connectivity index (χ1) is 15.8. The van der Waals surface area contributed by atoms with E-state index in [4.69, 9.17) is 18.9 Å². The number of carbonyl (C=O) groups is 4. The van der Waals surface area contributed by atoms with E-state index in [1.807, 2.05) is 32.9 Å². The minimum Gasteiger partial charge on any atom is -0.461 e. The van der Waals surface area contributed by atoms with E-state index in [1.54, 1.807) is 6.92 Å². The van der Waals surface area contributed by atoms with Gasteiger partial charge in [0.05, 0.1) is 5.41 Å². The summed E-state index contributed by atoms with van der Waals surface area (Å²) in [5, 5.41) is 0. The monoisotopic (exact) mass is 474 g/mol. The molecule has 0 aromatic carbocycles. The van der Waals surface area contributed by atoms with Crippen molar-refractivity contribution in [2.75, 3.05) is 0 Å². The molecule has 1 aliphatic heterocycles. The summed E-state index contributed by atoms with van der Waals surface area (Å²) in [7, 11) is 0. The Morgan fingerprint density at radius 3 is 2.18 bits per heavy atom. The second kappa shape index (κ2) is 9.76. The third-order valence-electron chi connectivity index (χ3n) is 7.27. The Labute approximate surface area is 200 Å². The highest BCUT2D eigenvalue weighted by Crippen LogP contribution is 2.52. The summed E-state index contributed by atoms with van der Waals surface area (Å²) in [5.74, 6) is -2.14. The van der Waals surface area contributed by atoms with Crippen molar-refractivity contribution in [3.05, 3.63) is 34.4 Å². The normalized spacial score (nSPS) is 35.0. The Hall–Kier alpha value is -2.90. The van der Waals surface area contributed by atoms with Gasteiger partial charge >= 0.3 is 23.9 Å². The minimum atomic E-state index is -0.947. The lowest BCUT2D eigenvalue weighted by Crippen LogP contribution is -2.58. The van der Waals surface area contributed by atoms with Crippen molar-refractivity contribution >= 4 is 23.9 Å². The van der Waals surface area contributed by atoms with Gasteiger partial charge in [-0.05, 0) is 44.8 Å². The molecule has 1 unspecified atom stereocenters. The number of esters is 4. The maximum absolute atomic E-state index is 12.5. The van der Waals surface area contributed by atoms with Gasteiger partial charge in [-0.1, -0.05) is 24.1 Å². The third-order valence-corrected chi connectivity index (χ3v) is 7.27. The van der Waals surface area contributed by atoms with Crippen LogP contribution in [0, 0.1) is 11.3 Å². The molecule has 0 spiro atoms. The van der Waals surface area contributed by atoms with Crippen LogP contribution >= 0.6 is 0 Å². The largest absolute Gasteiger partial charge is 0.461 e. The van der Waals surface area contributed by atoms with Gasteiger partial charge in [-0.2, -0.15) is 0 Å². The molecule has 0 saturated heterocycles. The Bertz CT molecular complexity index is 987. The van der Waals surface area contributed by atoms with Gasteiger partial charge in [0.2, 0.25) is 0 Å². The molecule has 0 saturated carbocycles. The molecule has 3 aliphatic rings. The van der Waals surface area contributed by atoms with E-state index in [1.165, 1.54) is 20.8 Å². The summed E-state index contributed by atoms with van der Waals surface area (Å²) >= 11 is 0. The molecule has 8 nitrogen and oxygen atoms in total. The van der Waals surface area contributed by atoms with Crippen molar-refractivity contribution in [2.24, 2.45) is 11.3 Å². The molecule has 6 atom stereocenters. The van der Waals surface area contributed by atoms with Crippen LogP contribution in [-0.2, 0) is 38.1 Å². The molecule has 0 bridgehead atoms. The quantitative estimate of drug-likeness (QED) is 0.346. The molecule has 0 radical (unpaired) electrons. The molecule has 0 N–H and O–H groups in total. The Balaban J connectivity index is 2.28. The van der Waals surface area contributed by atoms with Crippen molar-refractivity contribution in [3.8, 4) is 0 Å². The predicted octanol–water partition coefficient (Wildman–Crippen LogP) is 3.74. The molecule has 0 fully saturated rings. The van der Waals surface area contributed by atoms with Gasteiger partial charge in [0.15, 0.2) is 0 Å². The maximum atomic E-state index is 12.5. The lowest BCUT2D eigenvalue weighted by atomic mass is 9.58. The van der Waals surface area contributed by atoms with Gasteiger partial charge in [-0.25, -0.2) is 4.79 Å². The molecule has 0 aromatic rings. The summed E-state index contributed by atoms with van der Waals surface area (Å²) in [6.07, 6.45) is 2.12. The van der Waals surface area contributed by atoms with Crippen molar-refractivity contribution < 1.29 is 38.1 Å². The van der Waals surface area contributed by atoms with Crippen molar-refractivity contribution in [3.63, 3.8) is 0 Å². The fourth-order valence-electron chi connectivity index (χ4n) is 5.63. The zero-order valence-corrected chi connectivity index (χ0v) is 20.9. The Morgan fingerprint density at radius 2 is 1.59 bits per heavy atom. The summed E-state index contributed by atoms with van der Waals surface area (Å²) in [4.78, 5) is 49.0. The standard InChI is InChI=1S/C26H34O8/c1-13-10-21-19(15(3)25(30)34-21)12-20-14(2)8-9-23(32-17(5)28)26(20,7)24(33-18(6)29)22(11-13)31-16(4)27/h8,10,20-24H,9,11-12H2,1-7H3/b13-10-/t20-,21?,22+,23-,24-,26+/m0/s1. The number of allylic oxidation sites excluding steroid dienone is 1. The van der Waals surface area contributed by atoms with Crippen LogP contribution in [0.1, 0.15) is 67.7 Å². The summed E-state index contributed by atoms with van der Waals surface area (Å²) < 4.78 is 23.1. The second-order valence-corrected chi connectivity index (χ2v) is 9.78. The predicted molar refractivity (Wildman–Crippen MR) is 122 cm³/mol. The first-order valence-electron chi connectivity index (χ1n) is 11.6. The molecular weight excluding hydrogens is 440 g/mol.